The molecule has 3 heterocycles. The average Bonchev–Trinajstić information content (AvgIpc) is 2.92. The molecule has 0 aliphatic carbocycles. The predicted molar refractivity (Wildman–Crippen MR) is 148 cm³/mol. The summed E-state index contributed by atoms with van der Waals surface area (Å²) >= 11 is 0. The summed E-state index contributed by atoms with van der Waals surface area (Å²) in [5.41, 5.74) is 2.79. The Kier molecular flexibility index (Phi) is 8.62. The van der Waals surface area contributed by atoms with E-state index in [0.29, 0.717) is 25.3 Å². The van der Waals surface area contributed by atoms with Gasteiger partial charge in [-0.05, 0) is 63.5 Å². The van der Waals surface area contributed by atoms with Crippen LogP contribution >= 0.6 is 0 Å². The molecule has 0 radical (unpaired) electrons. The van der Waals surface area contributed by atoms with Crippen LogP contribution in [0.3, 0.4) is 0 Å². The van der Waals surface area contributed by atoms with E-state index in [0.717, 1.165) is 16.3 Å². The number of aromatic nitrogens is 1. The minimum absolute atomic E-state index is 0.0222. The second kappa shape index (κ2) is 11.8. The predicted octanol–water partition coefficient (Wildman–Crippen LogP) is 2.40. The van der Waals surface area contributed by atoms with Gasteiger partial charge in [0.15, 0.2) is 0 Å². The van der Waals surface area contributed by atoms with E-state index in [1.165, 1.54) is 5.01 Å². The van der Waals surface area contributed by atoms with Crippen molar-refractivity contribution in [3.05, 3.63) is 36.0 Å². The summed E-state index contributed by atoms with van der Waals surface area (Å²) in [6.07, 6.45) is 2.26. The van der Waals surface area contributed by atoms with E-state index in [1.54, 1.807) is 40.0 Å². The fraction of sp³-hybridized carbons (Fsp3) is 0.552. The van der Waals surface area contributed by atoms with Gasteiger partial charge in [-0.1, -0.05) is 26.0 Å². The Labute approximate surface area is 234 Å². The van der Waals surface area contributed by atoms with Gasteiger partial charge in [0.1, 0.15) is 30.8 Å². The number of pyridine rings is 1. The van der Waals surface area contributed by atoms with Crippen molar-refractivity contribution in [2.24, 2.45) is 11.3 Å². The molecular weight excluding hydrogens is 514 g/mol. The third kappa shape index (κ3) is 6.52. The molecule has 1 saturated heterocycles. The van der Waals surface area contributed by atoms with Crippen LogP contribution in [0.2, 0.25) is 0 Å². The van der Waals surface area contributed by atoms with Crippen LogP contribution in [0.5, 0.6) is 5.88 Å². The highest BCUT2D eigenvalue weighted by atomic mass is 16.5. The first-order chi connectivity index (χ1) is 18.9. The second-order valence-corrected chi connectivity index (χ2v) is 11.6. The molecule has 0 saturated carbocycles. The number of amides is 3. The average molecular weight is 554 g/mol. The van der Waals surface area contributed by atoms with Gasteiger partial charge < -0.3 is 20.1 Å². The normalized spacial score (nSPS) is 26.6. The van der Waals surface area contributed by atoms with E-state index in [4.69, 9.17) is 9.47 Å². The van der Waals surface area contributed by atoms with Gasteiger partial charge in [0.25, 0.3) is 5.91 Å². The van der Waals surface area contributed by atoms with Gasteiger partial charge in [0, 0.05) is 24.2 Å². The number of hydrazine groups is 1. The third-order valence-electron chi connectivity index (χ3n) is 7.38. The number of nitrogens with zero attached hydrogens (tertiary/aromatic N) is 2. The standard InChI is InChI=1S/C29H39N5O6/c1-16(2)24-25(35)31-17(3)26(36)34-11-7-8-22(33-34)27(37)40-18(4)19-9-10-20-14-30-23(13-21(20)12-19)39-15-29(5,6)28(38)32-24/h9-10,12-14,16-18,22,24,33H,7-8,11,15H2,1-6H3,(H,31,35)(H,32,38)/t17-,18+,22-,24?/m0/s1. The van der Waals surface area contributed by atoms with E-state index in [2.05, 4.69) is 21.0 Å². The molecule has 1 fully saturated rings. The summed E-state index contributed by atoms with van der Waals surface area (Å²) in [5.74, 6) is -1.58. The zero-order valence-electron chi connectivity index (χ0n) is 23.9. The first kappa shape index (κ1) is 29.3. The van der Waals surface area contributed by atoms with E-state index < -0.39 is 41.5 Å². The SMILES string of the molecule is CC(C)C1NC(=O)C(C)(C)COc2cc3cc(ccc3cn2)[C@@H](C)OC(=O)[C@@H]2CCCN(N2)C(=O)[C@H](C)NC1=O. The Morgan fingerprint density at radius 2 is 1.80 bits per heavy atom. The van der Waals surface area contributed by atoms with E-state index in [1.807, 2.05) is 32.0 Å². The van der Waals surface area contributed by atoms with Crippen molar-refractivity contribution in [2.75, 3.05) is 13.2 Å². The summed E-state index contributed by atoms with van der Waals surface area (Å²) < 4.78 is 11.7. The van der Waals surface area contributed by atoms with Crippen molar-refractivity contribution in [1.29, 1.82) is 0 Å². The molecule has 1 aromatic carbocycles. The lowest BCUT2D eigenvalue weighted by Gasteiger charge is -2.35. The van der Waals surface area contributed by atoms with E-state index >= 15 is 0 Å². The van der Waals surface area contributed by atoms with Gasteiger partial charge in [-0.2, -0.15) is 0 Å². The lowest BCUT2D eigenvalue weighted by molar-refractivity contribution is -0.157. The van der Waals surface area contributed by atoms with Crippen LogP contribution in [0.4, 0.5) is 0 Å². The van der Waals surface area contributed by atoms with Crippen LogP contribution in [0.25, 0.3) is 10.8 Å². The van der Waals surface area contributed by atoms with Gasteiger partial charge in [-0.25, -0.2) is 10.4 Å². The Bertz CT molecular complexity index is 1290. The Morgan fingerprint density at radius 3 is 2.52 bits per heavy atom. The topological polar surface area (TPSA) is 139 Å². The number of rotatable bonds is 1. The largest absolute Gasteiger partial charge is 0.477 e. The number of hydrogen-bond donors (Lipinski definition) is 3. The number of hydrogen-bond acceptors (Lipinski definition) is 8. The van der Waals surface area contributed by atoms with E-state index in [-0.39, 0.29) is 24.3 Å². The van der Waals surface area contributed by atoms with E-state index in [9.17, 15) is 19.2 Å². The quantitative estimate of drug-likeness (QED) is 0.458. The van der Waals surface area contributed by atoms with Crippen LogP contribution in [0, 0.1) is 11.3 Å². The molecule has 5 bridgehead atoms. The van der Waals surface area contributed by atoms with Crippen molar-refractivity contribution in [3.63, 3.8) is 0 Å². The zero-order chi connectivity index (χ0) is 29.2. The number of carbonyl (C=O) groups is 4. The first-order valence-electron chi connectivity index (χ1n) is 13.8. The number of fused-ring (bicyclic) bond motifs is 4. The number of nitrogens with one attached hydrogen (secondary N) is 3. The number of cyclic esters (lactones) is 1. The summed E-state index contributed by atoms with van der Waals surface area (Å²) in [6.45, 7) is 10.9. The van der Waals surface area contributed by atoms with Crippen LogP contribution in [-0.2, 0) is 23.9 Å². The highest BCUT2D eigenvalue weighted by Gasteiger charge is 2.36. The van der Waals surface area contributed by atoms with Crippen molar-refractivity contribution in [2.45, 2.75) is 78.6 Å². The smallest absolute Gasteiger partial charge is 0.325 e. The fourth-order valence-corrected chi connectivity index (χ4v) is 4.70. The number of benzene rings is 1. The third-order valence-corrected chi connectivity index (χ3v) is 7.38. The molecule has 1 unspecified atom stereocenters. The molecule has 1 aromatic heterocycles. The molecule has 3 amide bonds. The maximum Gasteiger partial charge on any atom is 0.325 e. The van der Waals surface area contributed by atoms with Gasteiger partial charge in [-0.3, -0.25) is 24.2 Å². The van der Waals surface area contributed by atoms with Gasteiger partial charge in [-0.15, -0.1) is 0 Å². The zero-order valence-corrected chi connectivity index (χ0v) is 23.9. The minimum atomic E-state index is -0.985. The van der Waals surface area contributed by atoms with Crippen molar-refractivity contribution < 1.29 is 28.7 Å². The Hall–Kier alpha value is -3.73. The molecule has 216 valence electrons. The lowest BCUT2D eigenvalue weighted by Crippen LogP contribution is -2.61. The molecule has 2 aromatic rings. The Balaban J connectivity index is 1.66. The van der Waals surface area contributed by atoms with Gasteiger partial charge in [0.2, 0.25) is 17.7 Å². The molecular formula is C29H39N5O6. The van der Waals surface area contributed by atoms with Crippen LogP contribution in [0.15, 0.2) is 30.5 Å². The van der Waals surface area contributed by atoms with Gasteiger partial charge in [0.05, 0.1) is 5.41 Å². The van der Waals surface area contributed by atoms with Gasteiger partial charge >= 0.3 is 5.97 Å². The number of ether oxygens (including phenoxy) is 2. The fourth-order valence-electron chi connectivity index (χ4n) is 4.70. The first-order valence-corrected chi connectivity index (χ1v) is 13.8. The lowest BCUT2D eigenvalue weighted by atomic mass is 9.92. The van der Waals surface area contributed by atoms with Crippen LogP contribution in [-0.4, -0.2) is 65.0 Å². The maximum absolute atomic E-state index is 13.3. The molecule has 2 aliphatic heterocycles. The summed E-state index contributed by atoms with van der Waals surface area (Å²) in [6, 6.07) is 5.01. The maximum atomic E-state index is 13.3. The highest BCUT2D eigenvalue weighted by Crippen LogP contribution is 2.27. The molecule has 11 nitrogen and oxygen atoms in total. The molecule has 4 rings (SSSR count). The molecule has 4 atom stereocenters. The molecule has 3 N–H and O–H groups in total. The van der Waals surface area contributed by atoms with Crippen molar-refractivity contribution in [1.82, 2.24) is 26.1 Å². The number of carbonyl (C=O) groups excluding carboxylic acids is 4. The molecule has 40 heavy (non-hydrogen) atoms. The highest BCUT2D eigenvalue weighted by molar-refractivity contribution is 5.93. The van der Waals surface area contributed by atoms with Crippen molar-refractivity contribution in [3.8, 4) is 5.88 Å². The second-order valence-electron chi connectivity index (χ2n) is 11.6. The monoisotopic (exact) mass is 553 g/mol. The summed E-state index contributed by atoms with van der Waals surface area (Å²) in [5, 5.41) is 8.65. The Morgan fingerprint density at radius 1 is 1.05 bits per heavy atom. The molecule has 11 heteroatoms. The number of esters is 1. The summed E-state index contributed by atoms with van der Waals surface area (Å²) in [7, 11) is 0. The minimum Gasteiger partial charge on any atom is -0.477 e. The molecule has 0 spiro atoms. The molecule has 2 aliphatic rings. The van der Waals surface area contributed by atoms with Crippen LogP contribution in [0.1, 0.15) is 66.1 Å². The summed E-state index contributed by atoms with van der Waals surface area (Å²) in [4.78, 5) is 57.0. The van der Waals surface area contributed by atoms with Crippen LogP contribution < -0.4 is 20.8 Å². The van der Waals surface area contributed by atoms with Crippen molar-refractivity contribution >= 4 is 34.5 Å².